The van der Waals surface area contributed by atoms with Crippen molar-refractivity contribution in [3.05, 3.63) is 53.5 Å². The van der Waals surface area contributed by atoms with Crippen LogP contribution in [0.4, 0.5) is 5.69 Å². The summed E-state index contributed by atoms with van der Waals surface area (Å²) in [5, 5.41) is 3.14. The lowest BCUT2D eigenvalue weighted by molar-refractivity contribution is 0.499. The number of para-hydroxylation sites is 1. The fraction of sp³-hybridized carbons (Fsp3) is 0.267. The first-order chi connectivity index (χ1) is 9.60. The number of rotatable bonds is 3. The minimum absolute atomic E-state index is 0.0466. The van der Waals surface area contributed by atoms with Crippen molar-refractivity contribution in [1.29, 1.82) is 0 Å². The van der Waals surface area contributed by atoms with Crippen LogP contribution < -0.4 is 16.6 Å². The number of hydrogen-bond acceptors (Lipinski definition) is 3. The number of hydrazine groups is 1. The summed E-state index contributed by atoms with van der Waals surface area (Å²) in [4.78, 5) is 4.54. The molecule has 1 unspecified atom stereocenters. The Balaban J connectivity index is 2.16. The Kier molecular flexibility index (Phi) is 4.42. The summed E-state index contributed by atoms with van der Waals surface area (Å²) in [5.41, 5.74) is 4.57. The lowest BCUT2D eigenvalue weighted by Gasteiger charge is -2.12. The molecule has 0 radical (unpaired) electrons. The molecule has 0 saturated heterocycles. The lowest BCUT2D eigenvalue weighted by atomic mass is 10.1. The van der Waals surface area contributed by atoms with Crippen LogP contribution in [0.3, 0.4) is 0 Å². The van der Waals surface area contributed by atoms with E-state index in [2.05, 4.69) is 15.7 Å². The molecule has 0 aliphatic heterocycles. The van der Waals surface area contributed by atoms with Crippen molar-refractivity contribution in [2.24, 2.45) is 10.8 Å². The van der Waals surface area contributed by atoms with Crippen LogP contribution >= 0.6 is 0 Å². The van der Waals surface area contributed by atoms with E-state index in [0.717, 1.165) is 22.8 Å². The van der Waals surface area contributed by atoms with Gasteiger partial charge in [-0.2, -0.15) is 0 Å². The summed E-state index contributed by atoms with van der Waals surface area (Å²) in [7, 11) is 0. The van der Waals surface area contributed by atoms with Crippen LogP contribution in [0.1, 0.15) is 30.0 Å². The first-order valence-corrected chi connectivity index (χ1v) is 6.53. The number of aryl methyl sites for hydroxylation is 2. The number of benzene rings is 1. The highest BCUT2D eigenvalue weighted by Crippen LogP contribution is 2.24. The van der Waals surface area contributed by atoms with Gasteiger partial charge in [0.05, 0.1) is 6.04 Å². The Morgan fingerprint density at radius 3 is 2.50 bits per heavy atom. The number of nitrogens with one attached hydrogen (secondary N) is 2. The van der Waals surface area contributed by atoms with Crippen molar-refractivity contribution >= 4 is 11.6 Å². The van der Waals surface area contributed by atoms with E-state index in [4.69, 9.17) is 10.3 Å². The third-order valence-electron chi connectivity index (χ3n) is 3.03. The number of nitrogens with zero attached hydrogens (tertiary/aromatic N) is 1. The minimum Gasteiger partial charge on any atom is -0.466 e. The van der Waals surface area contributed by atoms with Crippen LogP contribution in [0.5, 0.6) is 0 Å². The zero-order chi connectivity index (χ0) is 14.5. The molecule has 5 nitrogen and oxygen atoms in total. The van der Waals surface area contributed by atoms with Crippen molar-refractivity contribution in [3.8, 4) is 0 Å². The van der Waals surface area contributed by atoms with Gasteiger partial charge in [-0.05, 0) is 39.0 Å². The summed E-state index contributed by atoms with van der Waals surface area (Å²) in [6, 6.07) is 11.7. The average molecular weight is 272 g/mol. The smallest absolute Gasteiger partial charge is 0.210 e. The molecule has 0 spiro atoms. The third kappa shape index (κ3) is 3.39. The van der Waals surface area contributed by atoms with Gasteiger partial charge in [0, 0.05) is 11.3 Å². The van der Waals surface area contributed by atoms with E-state index in [9.17, 15) is 0 Å². The van der Waals surface area contributed by atoms with Crippen LogP contribution in [-0.4, -0.2) is 5.96 Å². The summed E-state index contributed by atoms with van der Waals surface area (Å²) in [5.74, 6) is 7.81. The van der Waals surface area contributed by atoms with Crippen LogP contribution in [0.2, 0.25) is 0 Å². The summed E-state index contributed by atoms with van der Waals surface area (Å²) < 4.78 is 5.53. The van der Waals surface area contributed by atoms with Crippen molar-refractivity contribution in [2.75, 3.05) is 5.32 Å². The van der Waals surface area contributed by atoms with E-state index in [1.807, 2.05) is 57.2 Å². The first kappa shape index (κ1) is 14.1. The van der Waals surface area contributed by atoms with E-state index < -0.39 is 0 Å². The molecule has 0 aliphatic carbocycles. The highest BCUT2D eigenvalue weighted by atomic mass is 16.3. The molecule has 106 valence electrons. The Labute approximate surface area is 118 Å². The summed E-state index contributed by atoms with van der Waals surface area (Å²) >= 11 is 0. The average Bonchev–Trinajstić information content (AvgIpc) is 2.78. The van der Waals surface area contributed by atoms with Gasteiger partial charge in [-0.15, -0.1) is 0 Å². The molecular weight excluding hydrogens is 252 g/mol. The van der Waals surface area contributed by atoms with E-state index in [1.54, 1.807) is 0 Å². The maximum absolute atomic E-state index is 5.53. The van der Waals surface area contributed by atoms with Crippen LogP contribution in [0.15, 0.2) is 45.8 Å². The Bertz CT molecular complexity index is 589. The largest absolute Gasteiger partial charge is 0.466 e. The monoisotopic (exact) mass is 272 g/mol. The topological polar surface area (TPSA) is 75.6 Å². The van der Waals surface area contributed by atoms with Gasteiger partial charge in [0.25, 0.3) is 0 Å². The molecule has 0 saturated carbocycles. The van der Waals surface area contributed by atoms with Gasteiger partial charge in [0.1, 0.15) is 11.5 Å². The maximum Gasteiger partial charge on any atom is 0.210 e. The van der Waals surface area contributed by atoms with Crippen LogP contribution in [-0.2, 0) is 0 Å². The van der Waals surface area contributed by atoms with Crippen LogP contribution in [0.25, 0.3) is 0 Å². The van der Waals surface area contributed by atoms with Crippen molar-refractivity contribution < 1.29 is 4.42 Å². The third-order valence-corrected chi connectivity index (χ3v) is 3.03. The molecule has 20 heavy (non-hydrogen) atoms. The molecule has 1 heterocycles. The number of hydrogen-bond donors (Lipinski definition) is 3. The number of nitrogens with two attached hydrogens (primary N) is 1. The second-order valence-electron chi connectivity index (χ2n) is 4.66. The standard InChI is InChI=1S/C15H20N4O/c1-10-9-14(12(3)20-10)11(2)17-15(19-16)18-13-7-5-4-6-8-13/h4-9,11H,16H2,1-3H3,(H2,17,18,19). The Hall–Kier alpha value is -2.27. The van der Waals surface area contributed by atoms with Crippen molar-refractivity contribution in [1.82, 2.24) is 5.43 Å². The molecule has 2 rings (SSSR count). The molecule has 5 heteroatoms. The fourth-order valence-electron chi connectivity index (χ4n) is 2.09. The van der Waals surface area contributed by atoms with Gasteiger partial charge in [-0.25, -0.2) is 10.8 Å². The van der Waals surface area contributed by atoms with Gasteiger partial charge in [0.2, 0.25) is 5.96 Å². The Morgan fingerprint density at radius 2 is 1.95 bits per heavy atom. The van der Waals surface area contributed by atoms with Crippen molar-refractivity contribution in [2.45, 2.75) is 26.8 Å². The van der Waals surface area contributed by atoms with Gasteiger partial charge < -0.3 is 9.73 Å². The summed E-state index contributed by atoms with van der Waals surface area (Å²) in [6.07, 6.45) is 0. The first-order valence-electron chi connectivity index (χ1n) is 6.53. The number of anilines is 1. The van der Waals surface area contributed by atoms with E-state index in [0.29, 0.717) is 5.96 Å². The zero-order valence-electron chi connectivity index (χ0n) is 12.0. The van der Waals surface area contributed by atoms with Gasteiger partial charge in [-0.3, -0.25) is 5.43 Å². The minimum atomic E-state index is -0.0466. The second-order valence-corrected chi connectivity index (χ2v) is 4.66. The number of aliphatic imine (C=N–C) groups is 1. The lowest BCUT2D eigenvalue weighted by Crippen LogP contribution is -2.36. The predicted molar refractivity (Wildman–Crippen MR) is 81.4 cm³/mol. The van der Waals surface area contributed by atoms with E-state index in [-0.39, 0.29) is 6.04 Å². The highest BCUT2D eigenvalue weighted by Gasteiger charge is 2.12. The molecule has 2 aromatic rings. The van der Waals surface area contributed by atoms with E-state index in [1.165, 1.54) is 0 Å². The molecule has 0 amide bonds. The van der Waals surface area contributed by atoms with Gasteiger partial charge in [0.15, 0.2) is 0 Å². The SMILES string of the molecule is Cc1cc(C(C)N=C(NN)Nc2ccccc2)c(C)o1. The molecule has 1 aromatic carbocycles. The van der Waals surface area contributed by atoms with E-state index >= 15 is 0 Å². The normalized spacial score (nSPS) is 13.1. The highest BCUT2D eigenvalue weighted by molar-refractivity contribution is 5.93. The van der Waals surface area contributed by atoms with Crippen molar-refractivity contribution in [3.63, 3.8) is 0 Å². The predicted octanol–water partition coefficient (Wildman–Crippen LogP) is 2.89. The fourth-order valence-corrected chi connectivity index (χ4v) is 2.09. The molecular formula is C15H20N4O. The van der Waals surface area contributed by atoms with Crippen LogP contribution in [0, 0.1) is 13.8 Å². The molecule has 1 atom stereocenters. The number of guanidine groups is 1. The summed E-state index contributed by atoms with van der Waals surface area (Å²) in [6.45, 7) is 5.87. The molecule has 1 aromatic heterocycles. The zero-order valence-corrected chi connectivity index (χ0v) is 12.0. The molecule has 0 bridgehead atoms. The quantitative estimate of drug-likeness (QED) is 0.347. The maximum atomic E-state index is 5.53. The Morgan fingerprint density at radius 1 is 1.25 bits per heavy atom. The van der Waals surface area contributed by atoms with Gasteiger partial charge >= 0.3 is 0 Å². The van der Waals surface area contributed by atoms with Gasteiger partial charge in [-0.1, -0.05) is 18.2 Å². The number of furan rings is 1. The molecule has 4 N–H and O–H groups in total. The second kappa shape index (κ2) is 6.25. The molecule has 0 aliphatic rings. The molecule has 0 fully saturated rings.